The van der Waals surface area contributed by atoms with Crippen LogP contribution in [0.3, 0.4) is 0 Å². The summed E-state index contributed by atoms with van der Waals surface area (Å²) < 4.78 is 23.3. The lowest BCUT2D eigenvalue weighted by atomic mass is 9.72. The van der Waals surface area contributed by atoms with Crippen LogP contribution in [0.25, 0.3) is 0 Å². The van der Waals surface area contributed by atoms with Crippen molar-refractivity contribution < 1.29 is 13.5 Å². The molecule has 0 aromatic carbocycles. The van der Waals surface area contributed by atoms with Gasteiger partial charge in [0.1, 0.15) is 9.84 Å². The van der Waals surface area contributed by atoms with Crippen LogP contribution in [0.15, 0.2) is 0 Å². The Labute approximate surface area is 111 Å². The number of hydrogen-bond acceptors (Lipinski definition) is 3. The first-order valence-corrected chi connectivity index (χ1v) is 9.15. The minimum atomic E-state index is -2.95. The van der Waals surface area contributed by atoms with E-state index in [-0.39, 0.29) is 22.7 Å². The van der Waals surface area contributed by atoms with E-state index in [0.717, 1.165) is 32.1 Å². The summed E-state index contributed by atoms with van der Waals surface area (Å²) >= 11 is 0. The average molecular weight is 274 g/mol. The number of aliphatic hydroxyl groups is 1. The van der Waals surface area contributed by atoms with Crippen molar-refractivity contribution in [1.82, 2.24) is 0 Å². The fourth-order valence-electron chi connectivity index (χ4n) is 3.90. The smallest absolute Gasteiger partial charge is 0.150 e. The van der Waals surface area contributed by atoms with E-state index in [0.29, 0.717) is 6.42 Å². The van der Waals surface area contributed by atoms with Gasteiger partial charge in [-0.15, -0.1) is 0 Å². The van der Waals surface area contributed by atoms with Crippen molar-refractivity contribution in [3.8, 4) is 0 Å². The topological polar surface area (TPSA) is 54.4 Å². The molecule has 0 aromatic rings. The molecule has 3 nitrogen and oxygen atoms in total. The molecular weight excluding hydrogens is 248 g/mol. The first-order valence-electron chi connectivity index (χ1n) is 7.20. The third-order valence-corrected chi connectivity index (χ3v) is 6.82. The summed E-state index contributed by atoms with van der Waals surface area (Å²) in [6.07, 6.45) is 8.98. The van der Waals surface area contributed by atoms with Crippen molar-refractivity contribution in [2.75, 3.05) is 6.26 Å². The lowest BCUT2D eigenvalue weighted by molar-refractivity contribution is -0.0174. The van der Waals surface area contributed by atoms with Gasteiger partial charge in [0, 0.05) is 6.26 Å². The molecule has 18 heavy (non-hydrogen) atoms. The Kier molecular flexibility index (Phi) is 4.07. The van der Waals surface area contributed by atoms with Crippen LogP contribution in [0.2, 0.25) is 0 Å². The molecule has 2 rings (SSSR count). The van der Waals surface area contributed by atoms with Gasteiger partial charge in [0.05, 0.1) is 11.4 Å². The summed E-state index contributed by atoms with van der Waals surface area (Å²) in [6.45, 7) is 2.18. The van der Waals surface area contributed by atoms with Crippen LogP contribution in [-0.4, -0.2) is 31.1 Å². The first kappa shape index (κ1) is 14.3. The van der Waals surface area contributed by atoms with Gasteiger partial charge < -0.3 is 5.11 Å². The van der Waals surface area contributed by atoms with Crippen molar-refractivity contribution in [2.45, 2.75) is 69.6 Å². The summed E-state index contributed by atoms with van der Waals surface area (Å²) in [7, 11) is -2.95. The van der Waals surface area contributed by atoms with Gasteiger partial charge in [0.15, 0.2) is 0 Å². The molecule has 2 aliphatic carbocycles. The van der Waals surface area contributed by atoms with Crippen LogP contribution in [0, 0.1) is 11.3 Å². The molecule has 0 aromatic heterocycles. The minimum absolute atomic E-state index is 0.0318. The molecule has 3 unspecified atom stereocenters. The van der Waals surface area contributed by atoms with E-state index in [1.54, 1.807) is 0 Å². The molecule has 106 valence electrons. The quantitative estimate of drug-likeness (QED) is 0.860. The van der Waals surface area contributed by atoms with Gasteiger partial charge >= 0.3 is 0 Å². The van der Waals surface area contributed by atoms with E-state index in [4.69, 9.17) is 0 Å². The van der Waals surface area contributed by atoms with E-state index in [1.807, 2.05) is 0 Å². The van der Waals surface area contributed by atoms with Gasteiger partial charge in [-0.3, -0.25) is 0 Å². The molecule has 3 atom stereocenters. The van der Waals surface area contributed by atoms with Gasteiger partial charge in [0.25, 0.3) is 0 Å². The molecule has 0 heterocycles. The molecule has 2 fully saturated rings. The Morgan fingerprint density at radius 3 is 2.33 bits per heavy atom. The Morgan fingerprint density at radius 1 is 1.17 bits per heavy atom. The van der Waals surface area contributed by atoms with Crippen molar-refractivity contribution in [2.24, 2.45) is 11.3 Å². The fraction of sp³-hybridized carbons (Fsp3) is 1.00. The van der Waals surface area contributed by atoms with E-state index in [2.05, 4.69) is 6.92 Å². The Hall–Kier alpha value is -0.0900. The largest absolute Gasteiger partial charge is 0.392 e. The van der Waals surface area contributed by atoms with Gasteiger partial charge in [-0.2, -0.15) is 0 Å². The molecular formula is C14H26O3S. The standard InChI is InChI=1S/C14H26O3S/c1-14(8-3-4-9-14)13(15)11-6-5-7-12(10-11)18(2,16)17/h11-13,15H,3-10H2,1-2H3. The monoisotopic (exact) mass is 274 g/mol. The van der Waals surface area contributed by atoms with Gasteiger partial charge in [0.2, 0.25) is 0 Å². The lowest BCUT2D eigenvalue weighted by Gasteiger charge is -2.39. The van der Waals surface area contributed by atoms with Crippen LogP contribution in [0.1, 0.15) is 58.3 Å². The number of aliphatic hydroxyl groups excluding tert-OH is 1. The summed E-state index contributed by atoms with van der Waals surface area (Å²) in [5.41, 5.74) is 0.0318. The van der Waals surface area contributed by atoms with Crippen LogP contribution in [-0.2, 0) is 9.84 Å². The maximum Gasteiger partial charge on any atom is 0.150 e. The SMILES string of the molecule is CC1(C(O)C2CCCC(S(C)(=O)=O)C2)CCCC1. The predicted molar refractivity (Wildman–Crippen MR) is 73.2 cm³/mol. The highest BCUT2D eigenvalue weighted by molar-refractivity contribution is 7.91. The number of sulfone groups is 1. The van der Waals surface area contributed by atoms with Gasteiger partial charge in [-0.25, -0.2) is 8.42 Å². The first-order chi connectivity index (χ1) is 8.33. The van der Waals surface area contributed by atoms with Crippen molar-refractivity contribution >= 4 is 9.84 Å². The highest BCUT2D eigenvalue weighted by Crippen LogP contribution is 2.46. The lowest BCUT2D eigenvalue weighted by Crippen LogP contribution is -2.41. The Morgan fingerprint density at radius 2 is 1.78 bits per heavy atom. The molecule has 0 spiro atoms. The zero-order valence-electron chi connectivity index (χ0n) is 11.6. The van der Waals surface area contributed by atoms with Gasteiger partial charge in [-0.05, 0) is 43.4 Å². The second-order valence-corrected chi connectivity index (χ2v) is 9.01. The van der Waals surface area contributed by atoms with Crippen molar-refractivity contribution in [3.05, 3.63) is 0 Å². The van der Waals surface area contributed by atoms with E-state index in [1.165, 1.54) is 19.1 Å². The molecule has 0 radical (unpaired) electrons. The third-order valence-electron chi connectivity index (χ3n) is 5.18. The zero-order valence-corrected chi connectivity index (χ0v) is 12.4. The molecule has 0 bridgehead atoms. The van der Waals surface area contributed by atoms with E-state index < -0.39 is 9.84 Å². The van der Waals surface area contributed by atoms with Crippen LogP contribution < -0.4 is 0 Å². The number of rotatable bonds is 3. The zero-order chi connectivity index (χ0) is 13.4. The molecule has 0 aliphatic heterocycles. The van der Waals surface area contributed by atoms with E-state index >= 15 is 0 Å². The molecule has 0 amide bonds. The third kappa shape index (κ3) is 2.90. The summed E-state index contributed by atoms with van der Waals surface area (Å²) in [4.78, 5) is 0. The van der Waals surface area contributed by atoms with Crippen LogP contribution in [0.5, 0.6) is 0 Å². The molecule has 2 saturated carbocycles. The summed E-state index contributed by atoms with van der Waals surface area (Å²) in [5.74, 6) is 0.182. The fourth-order valence-corrected chi connectivity index (χ4v) is 5.10. The second-order valence-electron chi connectivity index (χ2n) is 6.68. The Bertz CT molecular complexity index is 382. The Balaban J connectivity index is 2.04. The summed E-state index contributed by atoms with van der Waals surface area (Å²) in [5, 5.41) is 10.4. The van der Waals surface area contributed by atoms with Crippen LogP contribution >= 0.6 is 0 Å². The van der Waals surface area contributed by atoms with Crippen molar-refractivity contribution in [1.29, 1.82) is 0 Å². The maximum atomic E-state index is 11.7. The van der Waals surface area contributed by atoms with Crippen molar-refractivity contribution in [3.63, 3.8) is 0 Å². The molecule has 1 N–H and O–H groups in total. The van der Waals surface area contributed by atoms with E-state index in [9.17, 15) is 13.5 Å². The minimum Gasteiger partial charge on any atom is -0.392 e. The molecule has 4 heteroatoms. The molecule has 2 aliphatic rings. The highest BCUT2D eigenvalue weighted by atomic mass is 32.2. The maximum absolute atomic E-state index is 11.7. The van der Waals surface area contributed by atoms with Gasteiger partial charge in [-0.1, -0.05) is 26.2 Å². The normalized spacial score (nSPS) is 34.4. The highest BCUT2D eigenvalue weighted by Gasteiger charge is 2.42. The second kappa shape index (κ2) is 5.12. The van der Waals surface area contributed by atoms with Crippen LogP contribution in [0.4, 0.5) is 0 Å². The summed E-state index contributed by atoms with van der Waals surface area (Å²) in [6, 6.07) is 0. The number of hydrogen-bond donors (Lipinski definition) is 1. The average Bonchev–Trinajstić information content (AvgIpc) is 2.75. The predicted octanol–water partition coefficient (Wildman–Crippen LogP) is 2.53. The molecule has 0 saturated heterocycles.